The Hall–Kier alpha value is -3.06. The van der Waals surface area contributed by atoms with Crippen molar-refractivity contribution in [1.29, 1.82) is 0 Å². The largest absolute Gasteiger partial charge is 0.391 e. The van der Waals surface area contributed by atoms with Crippen molar-refractivity contribution in [3.05, 3.63) is 75.3 Å². The summed E-state index contributed by atoms with van der Waals surface area (Å²) in [7, 11) is 1.94. The molecular formula is C25H25F2N3O2. The first-order valence-electron chi connectivity index (χ1n) is 11.0. The van der Waals surface area contributed by atoms with Crippen LogP contribution in [0.5, 0.6) is 0 Å². The molecule has 2 heterocycles. The van der Waals surface area contributed by atoms with Crippen molar-refractivity contribution >= 4 is 22.7 Å². The lowest BCUT2D eigenvalue weighted by Crippen LogP contribution is -2.35. The van der Waals surface area contributed by atoms with Gasteiger partial charge in [0.2, 0.25) is 0 Å². The number of hydrogen-bond donors (Lipinski definition) is 1. The molecule has 166 valence electrons. The summed E-state index contributed by atoms with van der Waals surface area (Å²) in [5, 5.41) is 10.9. The number of aliphatic hydroxyl groups excluding tert-OH is 1. The minimum atomic E-state index is -0.627. The molecule has 1 N–H and O–H groups in total. The average Bonchev–Trinajstić information content (AvgIpc) is 2.75. The molecule has 3 aromatic rings. The lowest BCUT2D eigenvalue weighted by molar-refractivity contribution is 0.0735. The number of halogens is 2. The predicted octanol–water partition coefficient (Wildman–Crippen LogP) is 4.20. The Morgan fingerprint density at radius 1 is 1.12 bits per heavy atom. The topological polar surface area (TPSA) is 58.4 Å². The van der Waals surface area contributed by atoms with Gasteiger partial charge in [-0.15, -0.1) is 0 Å². The van der Waals surface area contributed by atoms with E-state index in [-0.39, 0.29) is 18.0 Å². The van der Waals surface area contributed by atoms with Gasteiger partial charge in [-0.25, -0.2) is 13.8 Å². The first-order chi connectivity index (χ1) is 15.4. The molecule has 7 heteroatoms. The second kappa shape index (κ2) is 8.13. The van der Waals surface area contributed by atoms with Crippen LogP contribution in [0.1, 0.15) is 48.4 Å². The molecule has 2 atom stereocenters. The third-order valence-corrected chi connectivity index (χ3v) is 6.59. The van der Waals surface area contributed by atoms with Crippen molar-refractivity contribution in [2.24, 2.45) is 0 Å². The number of aliphatic hydroxyl groups is 1. The zero-order valence-electron chi connectivity index (χ0n) is 17.9. The van der Waals surface area contributed by atoms with Crippen LogP contribution in [-0.2, 0) is 6.42 Å². The van der Waals surface area contributed by atoms with Crippen LogP contribution < -0.4 is 10.5 Å². The summed E-state index contributed by atoms with van der Waals surface area (Å²) in [4.78, 5) is 20.2. The van der Waals surface area contributed by atoms with E-state index in [0.29, 0.717) is 29.4 Å². The maximum atomic E-state index is 13.8. The number of aromatic nitrogens is 2. The first kappa shape index (κ1) is 20.8. The Morgan fingerprint density at radius 3 is 2.62 bits per heavy atom. The maximum Gasteiger partial charge on any atom is 0.261 e. The molecule has 0 saturated heterocycles. The second-order valence-corrected chi connectivity index (χ2v) is 8.81. The summed E-state index contributed by atoms with van der Waals surface area (Å²) in [6.07, 6.45) is 8.58. The van der Waals surface area contributed by atoms with E-state index in [1.807, 2.05) is 24.1 Å². The third kappa shape index (κ3) is 3.60. The molecular weight excluding hydrogens is 412 g/mol. The van der Waals surface area contributed by atoms with Crippen LogP contribution in [0.2, 0.25) is 0 Å². The standard InChI is InChI=1S/C25H25F2N3O2/c1-29-8-4-5-19-16(9-15-10-17(26)13-18(27)11-15)12-20-23(24(19)29)28-14-30(25(20)32)21-6-2-3-7-22(21)31/h4-5,10-14,21-22,31H,2-3,6-9H2,1H3/t21-,22-/m0/s1. The van der Waals surface area contributed by atoms with Gasteiger partial charge in [-0.3, -0.25) is 9.36 Å². The van der Waals surface area contributed by atoms with Crippen molar-refractivity contribution in [2.45, 2.75) is 44.2 Å². The van der Waals surface area contributed by atoms with Gasteiger partial charge in [0.1, 0.15) is 17.2 Å². The number of benzene rings is 2. The van der Waals surface area contributed by atoms with Gasteiger partial charge in [0, 0.05) is 25.2 Å². The lowest BCUT2D eigenvalue weighted by atomic mass is 9.91. The van der Waals surface area contributed by atoms with Gasteiger partial charge < -0.3 is 10.0 Å². The summed E-state index contributed by atoms with van der Waals surface area (Å²) < 4.78 is 29.1. The van der Waals surface area contributed by atoms with Crippen LogP contribution in [0.15, 0.2) is 41.5 Å². The molecule has 2 aliphatic rings. The summed E-state index contributed by atoms with van der Waals surface area (Å²) in [6.45, 7) is 0.673. The quantitative estimate of drug-likeness (QED) is 0.667. The maximum absolute atomic E-state index is 13.8. The fourth-order valence-corrected chi connectivity index (χ4v) is 5.06. The van der Waals surface area contributed by atoms with Crippen molar-refractivity contribution in [1.82, 2.24) is 9.55 Å². The summed E-state index contributed by atoms with van der Waals surface area (Å²) >= 11 is 0. The van der Waals surface area contributed by atoms with E-state index in [1.54, 1.807) is 17.0 Å². The molecule has 0 spiro atoms. The SMILES string of the molecule is CN1CC=Cc2c(Cc3cc(F)cc(F)c3)cc3c(=O)n([C@H]4CCCC[C@@H]4O)cnc3c21. The number of nitrogens with zero attached hydrogens (tertiary/aromatic N) is 3. The van der Waals surface area contributed by atoms with E-state index < -0.39 is 17.7 Å². The molecule has 1 aliphatic heterocycles. The number of anilines is 1. The molecule has 0 radical (unpaired) electrons. The van der Waals surface area contributed by atoms with Gasteiger partial charge in [-0.05, 0) is 48.6 Å². The smallest absolute Gasteiger partial charge is 0.261 e. The van der Waals surface area contributed by atoms with Crippen molar-refractivity contribution in [3.8, 4) is 0 Å². The van der Waals surface area contributed by atoms with Crippen LogP contribution in [0.25, 0.3) is 17.0 Å². The molecule has 1 fully saturated rings. The van der Waals surface area contributed by atoms with Crippen LogP contribution in [0.3, 0.4) is 0 Å². The van der Waals surface area contributed by atoms with Gasteiger partial charge >= 0.3 is 0 Å². The van der Waals surface area contributed by atoms with E-state index in [0.717, 1.165) is 42.1 Å². The van der Waals surface area contributed by atoms with E-state index in [1.165, 1.54) is 12.1 Å². The van der Waals surface area contributed by atoms with Gasteiger partial charge in [0.25, 0.3) is 5.56 Å². The normalized spacial score (nSPS) is 20.6. The number of rotatable bonds is 3. The number of fused-ring (bicyclic) bond motifs is 3. The van der Waals surface area contributed by atoms with Crippen molar-refractivity contribution < 1.29 is 13.9 Å². The molecule has 32 heavy (non-hydrogen) atoms. The highest BCUT2D eigenvalue weighted by atomic mass is 19.1. The molecule has 2 aromatic carbocycles. The van der Waals surface area contributed by atoms with Crippen LogP contribution >= 0.6 is 0 Å². The third-order valence-electron chi connectivity index (χ3n) is 6.59. The van der Waals surface area contributed by atoms with E-state index in [4.69, 9.17) is 0 Å². The van der Waals surface area contributed by atoms with Crippen LogP contribution in [0, 0.1) is 11.6 Å². The fourth-order valence-electron chi connectivity index (χ4n) is 5.06. The zero-order chi connectivity index (χ0) is 22.4. The van der Waals surface area contributed by atoms with E-state index in [9.17, 15) is 18.7 Å². The van der Waals surface area contributed by atoms with Gasteiger partial charge in [-0.2, -0.15) is 0 Å². The molecule has 5 rings (SSSR count). The highest BCUT2D eigenvalue weighted by molar-refractivity contribution is 5.97. The molecule has 1 aromatic heterocycles. The second-order valence-electron chi connectivity index (χ2n) is 8.81. The monoisotopic (exact) mass is 437 g/mol. The van der Waals surface area contributed by atoms with Crippen molar-refractivity contribution in [3.63, 3.8) is 0 Å². The van der Waals surface area contributed by atoms with Gasteiger partial charge in [0.05, 0.1) is 29.5 Å². The molecule has 0 bridgehead atoms. The molecule has 0 unspecified atom stereocenters. The lowest BCUT2D eigenvalue weighted by Gasteiger charge is -2.30. The van der Waals surface area contributed by atoms with Crippen molar-refractivity contribution in [2.75, 3.05) is 18.5 Å². The molecule has 1 saturated carbocycles. The fraction of sp³-hybridized carbons (Fsp3) is 0.360. The Balaban J connectivity index is 1.70. The summed E-state index contributed by atoms with van der Waals surface area (Å²) in [5.74, 6) is -1.25. The van der Waals surface area contributed by atoms with E-state index >= 15 is 0 Å². The summed E-state index contributed by atoms with van der Waals surface area (Å²) in [5.41, 5.74) is 3.45. The Kier molecular flexibility index (Phi) is 5.29. The predicted molar refractivity (Wildman–Crippen MR) is 121 cm³/mol. The number of likely N-dealkylation sites (N-methyl/N-ethyl adjacent to an activating group) is 1. The summed E-state index contributed by atoms with van der Waals surface area (Å²) in [6, 6.07) is 4.99. The first-order valence-corrected chi connectivity index (χ1v) is 11.0. The molecule has 5 nitrogen and oxygen atoms in total. The Bertz CT molecular complexity index is 1260. The Morgan fingerprint density at radius 2 is 1.88 bits per heavy atom. The Labute approximate surface area is 184 Å². The van der Waals surface area contributed by atoms with Gasteiger partial charge in [0.15, 0.2) is 0 Å². The minimum Gasteiger partial charge on any atom is -0.391 e. The van der Waals surface area contributed by atoms with Gasteiger partial charge in [-0.1, -0.05) is 25.0 Å². The highest BCUT2D eigenvalue weighted by Gasteiger charge is 2.27. The van der Waals surface area contributed by atoms with Crippen LogP contribution in [-0.4, -0.2) is 34.4 Å². The average molecular weight is 437 g/mol. The minimum absolute atomic E-state index is 0.196. The molecule has 1 aliphatic carbocycles. The highest BCUT2D eigenvalue weighted by Crippen LogP contribution is 2.36. The van der Waals surface area contributed by atoms with E-state index in [2.05, 4.69) is 4.98 Å². The zero-order valence-corrected chi connectivity index (χ0v) is 17.9. The molecule has 0 amide bonds. The van der Waals surface area contributed by atoms with Crippen LogP contribution in [0.4, 0.5) is 14.5 Å². The number of hydrogen-bond acceptors (Lipinski definition) is 4.